The lowest BCUT2D eigenvalue weighted by Crippen LogP contribution is -2.61. The van der Waals surface area contributed by atoms with E-state index in [9.17, 15) is 4.79 Å². The van der Waals surface area contributed by atoms with Crippen LogP contribution >= 0.6 is 0 Å². The van der Waals surface area contributed by atoms with Gasteiger partial charge in [0.05, 0.1) is 5.41 Å². The number of carbonyl (C=O) groups excluding carboxylic acids is 1. The fourth-order valence-electron chi connectivity index (χ4n) is 5.68. The maximum Gasteiger partial charge on any atom is 0.178 e. The maximum absolute atomic E-state index is 13.3. The molecule has 4 aliphatic rings. The molecule has 1 heterocycles. The molecule has 0 amide bonds. The Kier molecular flexibility index (Phi) is 2.57. The minimum atomic E-state index is -0.683. The van der Waals surface area contributed by atoms with Gasteiger partial charge in [-0.05, 0) is 36.7 Å². The summed E-state index contributed by atoms with van der Waals surface area (Å²) in [5.74, 6) is 1.58. The van der Waals surface area contributed by atoms with Crippen molar-refractivity contribution in [2.45, 2.75) is 51.2 Å². The average molecular weight is 276 g/mol. The molecule has 2 bridgehead atoms. The molecule has 1 spiro atoms. The van der Waals surface area contributed by atoms with Crippen LogP contribution in [0.2, 0.25) is 0 Å². The van der Waals surface area contributed by atoms with Crippen LogP contribution < -0.4 is 0 Å². The zero-order valence-corrected chi connectivity index (χ0v) is 12.6. The molecule has 0 radical (unpaired) electrons. The minimum absolute atomic E-state index is 0.144. The Bertz CT molecular complexity index is 494. The molecule has 3 fully saturated rings. The second-order valence-corrected chi connectivity index (χ2v) is 7.31. The third kappa shape index (κ3) is 1.19. The number of fused-ring (bicyclic) bond motifs is 1. The van der Waals surface area contributed by atoms with Crippen molar-refractivity contribution in [2.75, 3.05) is 13.7 Å². The number of carbonyl (C=O) groups is 1. The molecule has 2 saturated carbocycles. The molecule has 110 valence electrons. The number of hydrogen-bond acceptors (Lipinski definition) is 3. The van der Waals surface area contributed by atoms with Gasteiger partial charge in [-0.25, -0.2) is 0 Å². The standard InChI is InChI=1S/C17H24O3/c1-10(2)11-9-16-7-4-5-12(16)13-6-8-20-14(11)17(13,19-3)15(16)18/h9-10,12-14H,4-8H2,1-3H3/t12-,13-,14+,16+,17-/m1/s1. The van der Waals surface area contributed by atoms with Crippen LogP contribution in [0.15, 0.2) is 11.6 Å². The van der Waals surface area contributed by atoms with Crippen LogP contribution in [0.4, 0.5) is 0 Å². The average Bonchev–Trinajstić information content (AvgIpc) is 2.92. The number of Topliss-reactive ketones (excluding diaryl/α,β-unsaturated/α-hetero) is 1. The van der Waals surface area contributed by atoms with E-state index in [1.807, 2.05) is 0 Å². The molecule has 0 aromatic heterocycles. The molecule has 5 atom stereocenters. The van der Waals surface area contributed by atoms with Gasteiger partial charge in [-0.3, -0.25) is 4.79 Å². The van der Waals surface area contributed by atoms with Gasteiger partial charge < -0.3 is 9.47 Å². The summed E-state index contributed by atoms with van der Waals surface area (Å²) in [6, 6.07) is 0. The summed E-state index contributed by atoms with van der Waals surface area (Å²) in [7, 11) is 1.71. The minimum Gasteiger partial charge on any atom is -0.370 e. The van der Waals surface area contributed by atoms with E-state index in [0.717, 1.165) is 19.4 Å². The van der Waals surface area contributed by atoms with E-state index in [0.29, 0.717) is 23.5 Å². The fraction of sp³-hybridized carbons (Fsp3) is 0.824. The lowest BCUT2D eigenvalue weighted by molar-refractivity contribution is -0.186. The van der Waals surface area contributed by atoms with Gasteiger partial charge in [-0.2, -0.15) is 0 Å². The molecular formula is C17H24O3. The van der Waals surface area contributed by atoms with Crippen molar-refractivity contribution in [1.29, 1.82) is 0 Å². The van der Waals surface area contributed by atoms with Gasteiger partial charge in [-0.15, -0.1) is 0 Å². The van der Waals surface area contributed by atoms with Gasteiger partial charge in [0.1, 0.15) is 6.10 Å². The first-order valence-electron chi connectivity index (χ1n) is 8.02. The Morgan fingerprint density at radius 1 is 1.35 bits per heavy atom. The Balaban J connectivity index is 1.97. The number of hydrogen-bond donors (Lipinski definition) is 0. The van der Waals surface area contributed by atoms with Crippen molar-refractivity contribution in [3.05, 3.63) is 11.6 Å². The van der Waals surface area contributed by atoms with Gasteiger partial charge in [0, 0.05) is 19.6 Å². The molecule has 3 nitrogen and oxygen atoms in total. The molecular weight excluding hydrogens is 252 g/mol. The van der Waals surface area contributed by atoms with E-state index in [1.54, 1.807) is 7.11 Å². The van der Waals surface area contributed by atoms with E-state index in [1.165, 1.54) is 18.4 Å². The number of ether oxygens (including phenoxy) is 2. The SMILES string of the molecule is CO[C@@]12C(=O)[C@@]34C=C(C(C)C)[C@@H]1OCC[C@@H]2[C@H]3CCC4. The quantitative estimate of drug-likeness (QED) is 0.728. The second-order valence-electron chi connectivity index (χ2n) is 7.31. The molecule has 3 aliphatic carbocycles. The van der Waals surface area contributed by atoms with Gasteiger partial charge in [0.25, 0.3) is 0 Å². The first-order valence-corrected chi connectivity index (χ1v) is 8.02. The van der Waals surface area contributed by atoms with Gasteiger partial charge >= 0.3 is 0 Å². The summed E-state index contributed by atoms with van der Waals surface area (Å²) in [5, 5.41) is 0. The monoisotopic (exact) mass is 276 g/mol. The van der Waals surface area contributed by atoms with Crippen LogP contribution in [-0.4, -0.2) is 31.2 Å². The van der Waals surface area contributed by atoms with Crippen molar-refractivity contribution in [3.8, 4) is 0 Å². The highest BCUT2D eigenvalue weighted by Crippen LogP contribution is 2.67. The van der Waals surface area contributed by atoms with Gasteiger partial charge in [0.15, 0.2) is 11.4 Å². The molecule has 0 aromatic carbocycles. The van der Waals surface area contributed by atoms with Crippen molar-refractivity contribution in [3.63, 3.8) is 0 Å². The predicted molar refractivity (Wildman–Crippen MR) is 75.3 cm³/mol. The zero-order chi connectivity index (χ0) is 14.1. The topological polar surface area (TPSA) is 35.5 Å². The molecule has 1 saturated heterocycles. The van der Waals surface area contributed by atoms with E-state index in [-0.39, 0.29) is 11.5 Å². The smallest absolute Gasteiger partial charge is 0.178 e. The van der Waals surface area contributed by atoms with E-state index in [2.05, 4.69) is 19.9 Å². The molecule has 1 aliphatic heterocycles. The summed E-state index contributed by atoms with van der Waals surface area (Å²) < 4.78 is 12.0. The summed E-state index contributed by atoms with van der Waals surface area (Å²) in [6.07, 6.45) is 6.51. The normalized spacial score (nSPS) is 49.5. The number of methoxy groups -OCH3 is 1. The van der Waals surface area contributed by atoms with Crippen LogP contribution in [0.5, 0.6) is 0 Å². The van der Waals surface area contributed by atoms with E-state index < -0.39 is 5.60 Å². The largest absolute Gasteiger partial charge is 0.370 e. The fourth-order valence-corrected chi connectivity index (χ4v) is 5.68. The molecule has 4 rings (SSSR count). The Morgan fingerprint density at radius 2 is 2.15 bits per heavy atom. The Morgan fingerprint density at radius 3 is 2.85 bits per heavy atom. The number of ketones is 1. The van der Waals surface area contributed by atoms with Crippen LogP contribution in [0.3, 0.4) is 0 Å². The molecule has 0 unspecified atom stereocenters. The highest BCUT2D eigenvalue weighted by atomic mass is 16.6. The van der Waals surface area contributed by atoms with E-state index >= 15 is 0 Å². The van der Waals surface area contributed by atoms with Crippen molar-refractivity contribution >= 4 is 5.78 Å². The summed E-state index contributed by atoms with van der Waals surface area (Å²) >= 11 is 0. The Hall–Kier alpha value is -0.670. The summed E-state index contributed by atoms with van der Waals surface area (Å²) in [5.41, 5.74) is 0.392. The van der Waals surface area contributed by atoms with Gasteiger partial charge in [0.2, 0.25) is 0 Å². The number of allylic oxidation sites excluding steroid dienone is 1. The highest BCUT2D eigenvalue weighted by molar-refractivity contribution is 6.00. The van der Waals surface area contributed by atoms with Crippen molar-refractivity contribution in [1.82, 2.24) is 0 Å². The third-order valence-electron chi connectivity index (χ3n) is 6.42. The first-order chi connectivity index (χ1) is 9.58. The zero-order valence-electron chi connectivity index (χ0n) is 12.6. The van der Waals surface area contributed by atoms with E-state index in [4.69, 9.17) is 9.47 Å². The maximum atomic E-state index is 13.3. The van der Waals surface area contributed by atoms with Crippen LogP contribution in [0.25, 0.3) is 0 Å². The predicted octanol–water partition coefficient (Wildman–Crippen LogP) is 2.74. The summed E-state index contributed by atoms with van der Waals surface area (Å²) in [6.45, 7) is 5.18. The van der Waals surface area contributed by atoms with Crippen molar-refractivity contribution in [2.24, 2.45) is 23.2 Å². The third-order valence-corrected chi connectivity index (χ3v) is 6.42. The lowest BCUT2D eigenvalue weighted by atomic mass is 9.68. The van der Waals surface area contributed by atoms with Gasteiger partial charge in [-0.1, -0.05) is 26.3 Å². The Labute approximate surface area is 120 Å². The van der Waals surface area contributed by atoms with Crippen LogP contribution in [-0.2, 0) is 14.3 Å². The van der Waals surface area contributed by atoms with Crippen LogP contribution in [0, 0.1) is 23.2 Å². The summed E-state index contributed by atoms with van der Waals surface area (Å²) in [4.78, 5) is 13.3. The second kappa shape index (κ2) is 3.95. The number of rotatable bonds is 2. The molecule has 0 N–H and O–H groups in total. The molecule has 20 heavy (non-hydrogen) atoms. The first kappa shape index (κ1) is 13.0. The van der Waals surface area contributed by atoms with Crippen molar-refractivity contribution < 1.29 is 14.3 Å². The highest BCUT2D eigenvalue weighted by Gasteiger charge is 2.74. The lowest BCUT2D eigenvalue weighted by Gasteiger charge is -2.47. The molecule has 3 heteroatoms. The molecule has 0 aromatic rings. The van der Waals surface area contributed by atoms with Crippen LogP contribution in [0.1, 0.15) is 39.5 Å².